The second-order valence-corrected chi connectivity index (χ2v) is 5.39. The van der Waals surface area contributed by atoms with Gasteiger partial charge in [0.25, 0.3) is 0 Å². The monoisotopic (exact) mass is 250 g/mol. The molecule has 2 rings (SSSR count). The largest absolute Gasteiger partial charge is 0.480 e. The van der Waals surface area contributed by atoms with Gasteiger partial charge < -0.3 is 10.0 Å². The predicted molar refractivity (Wildman–Crippen MR) is 71.5 cm³/mol. The van der Waals surface area contributed by atoms with E-state index in [-0.39, 0.29) is 0 Å². The smallest absolute Gasteiger partial charge is 0.325 e. The predicted octanol–water partition coefficient (Wildman–Crippen LogP) is 1.21. The van der Waals surface area contributed by atoms with E-state index in [0.717, 1.165) is 38.2 Å². The van der Waals surface area contributed by atoms with Crippen LogP contribution in [0.3, 0.4) is 0 Å². The summed E-state index contributed by atoms with van der Waals surface area (Å²) in [7, 11) is 2.08. The third-order valence-electron chi connectivity index (χ3n) is 3.80. The molecule has 18 heavy (non-hydrogen) atoms. The first kappa shape index (κ1) is 13.3. The van der Waals surface area contributed by atoms with Crippen LogP contribution in [0.4, 0.5) is 0 Å². The van der Waals surface area contributed by atoms with Crippen molar-refractivity contribution in [2.75, 3.05) is 33.2 Å². The topological polar surface area (TPSA) is 43.8 Å². The number of nitrogens with zero attached hydrogens (tertiary/aromatic N) is 2. The van der Waals surface area contributed by atoms with Crippen LogP contribution >= 0.6 is 0 Å². The lowest BCUT2D eigenvalue weighted by atomic mass is 9.90. The molecule has 100 valence electrons. The molecule has 0 aromatic carbocycles. The molecular weight excluding hydrogens is 228 g/mol. The molecule has 0 amide bonds. The van der Waals surface area contributed by atoms with Crippen molar-refractivity contribution in [3.05, 3.63) is 23.8 Å². The van der Waals surface area contributed by atoms with Crippen molar-refractivity contribution in [1.82, 2.24) is 9.80 Å². The Morgan fingerprint density at radius 1 is 1.39 bits per heavy atom. The maximum Gasteiger partial charge on any atom is 0.325 e. The summed E-state index contributed by atoms with van der Waals surface area (Å²) in [6.07, 6.45) is 6.97. The Balaban J connectivity index is 2.11. The van der Waals surface area contributed by atoms with Gasteiger partial charge in [0, 0.05) is 26.2 Å². The van der Waals surface area contributed by atoms with Crippen LogP contribution in [0.2, 0.25) is 0 Å². The van der Waals surface area contributed by atoms with Crippen molar-refractivity contribution < 1.29 is 9.90 Å². The second kappa shape index (κ2) is 5.67. The molecule has 1 aliphatic heterocycles. The van der Waals surface area contributed by atoms with E-state index in [1.807, 2.05) is 12.2 Å². The van der Waals surface area contributed by atoms with Crippen molar-refractivity contribution in [2.24, 2.45) is 5.92 Å². The minimum absolute atomic E-state index is 0.439. The summed E-state index contributed by atoms with van der Waals surface area (Å²) >= 11 is 0. The van der Waals surface area contributed by atoms with Gasteiger partial charge in [0.1, 0.15) is 6.04 Å². The van der Waals surface area contributed by atoms with Crippen LogP contribution in [-0.2, 0) is 4.79 Å². The quantitative estimate of drug-likeness (QED) is 0.817. The minimum Gasteiger partial charge on any atom is -0.480 e. The van der Waals surface area contributed by atoms with Crippen molar-refractivity contribution in [3.8, 4) is 0 Å². The molecule has 2 aliphatic rings. The van der Waals surface area contributed by atoms with Crippen LogP contribution in [0.1, 0.15) is 13.3 Å². The van der Waals surface area contributed by atoms with E-state index in [9.17, 15) is 9.90 Å². The molecule has 0 aromatic heterocycles. The number of carbonyl (C=O) groups is 1. The van der Waals surface area contributed by atoms with E-state index in [0.29, 0.717) is 5.92 Å². The lowest BCUT2D eigenvalue weighted by Crippen LogP contribution is -2.52. The molecule has 0 saturated carbocycles. The maximum atomic E-state index is 11.6. The first-order valence-corrected chi connectivity index (χ1v) is 6.60. The number of piperazine rings is 1. The lowest BCUT2D eigenvalue weighted by molar-refractivity contribution is -0.142. The Morgan fingerprint density at radius 3 is 2.61 bits per heavy atom. The van der Waals surface area contributed by atoms with E-state index >= 15 is 0 Å². The molecule has 4 heteroatoms. The van der Waals surface area contributed by atoms with Crippen molar-refractivity contribution in [3.63, 3.8) is 0 Å². The first-order chi connectivity index (χ1) is 8.58. The standard InChI is InChI=1S/C14H22N2O2/c1-11-4-3-5-12(10-11)13(14(17)18)16-8-6-15(2)7-9-16/h3-5,11,13H,6-10H2,1-2H3,(H,17,18). The van der Waals surface area contributed by atoms with Crippen molar-refractivity contribution >= 4 is 5.97 Å². The summed E-state index contributed by atoms with van der Waals surface area (Å²) in [6, 6.07) is -0.439. The van der Waals surface area contributed by atoms with Gasteiger partial charge in [0.2, 0.25) is 0 Å². The summed E-state index contributed by atoms with van der Waals surface area (Å²) < 4.78 is 0. The van der Waals surface area contributed by atoms with Gasteiger partial charge in [-0.1, -0.05) is 25.2 Å². The molecule has 2 atom stereocenters. The van der Waals surface area contributed by atoms with Gasteiger partial charge in [-0.25, -0.2) is 0 Å². The molecule has 0 bridgehead atoms. The van der Waals surface area contributed by atoms with E-state index in [2.05, 4.69) is 29.8 Å². The normalized spacial score (nSPS) is 27.9. The molecule has 1 saturated heterocycles. The highest BCUT2D eigenvalue weighted by Gasteiger charge is 2.31. The number of aliphatic carboxylic acids is 1. The molecule has 1 aliphatic carbocycles. The van der Waals surface area contributed by atoms with Gasteiger partial charge in [-0.05, 0) is 25.0 Å². The number of allylic oxidation sites excluding steroid dienone is 3. The highest BCUT2D eigenvalue weighted by molar-refractivity contribution is 5.77. The molecule has 1 fully saturated rings. The highest BCUT2D eigenvalue weighted by atomic mass is 16.4. The maximum absolute atomic E-state index is 11.6. The van der Waals surface area contributed by atoms with E-state index in [1.54, 1.807) is 0 Å². The summed E-state index contributed by atoms with van der Waals surface area (Å²) in [5.41, 5.74) is 1.04. The summed E-state index contributed by atoms with van der Waals surface area (Å²) in [5.74, 6) is -0.271. The van der Waals surface area contributed by atoms with Crippen LogP contribution in [-0.4, -0.2) is 60.1 Å². The summed E-state index contributed by atoms with van der Waals surface area (Å²) in [5, 5.41) is 9.51. The number of likely N-dealkylation sites (N-methyl/N-ethyl adjacent to an activating group) is 1. The van der Waals surface area contributed by atoms with E-state index in [4.69, 9.17) is 0 Å². The summed E-state index contributed by atoms with van der Waals surface area (Å²) in [4.78, 5) is 15.9. The van der Waals surface area contributed by atoms with E-state index in [1.165, 1.54) is 0 Å². The van der Waals surface area contributed by atoms with Crippen LogP contribution in [0, 0.1) is 5.92 Å². The Hall–Kier alpha value is -1.13. The Labute approximate surface area is 109 Å². The van der Waals surface area contributed by atoms with Crippen LogP contribution in [0.5, 0.6) is 0 Å². The molecule has 0 aromatic rings. The fourth-order valence-corrected chi connectivity index (χ4v) is 2.71. The van der Waals surface area contributed by atoms with Crippen molar-refractivity contribution in [1.29, 1.82) is 0 Å². The highest BCUT2D eigenvalue weighted by Crippen LogP contribution is 2.24. The first-order valence-electron chi connectivity index (χ1n) is 6.60. The lowest BCUT2D eigenvalue weighted by Gasteiger charge is -2.37. The Morgan fingerprint density at radius 2 is 2.06 bits per heavy atom. The summed E-state index contributed by atoms with van der Waals surface area (Å²) in [6.45, 7) is 5.70. The van der Waals surface area contributed by atoms with Crippen LogP contribution in [0.25, 0.3) is 0 Å². The van der Waals surface area contributed by atoms with Crippen molar-refractivity contribution in [2.45, 2.75) is 19.4 Å². The van der Waals surface area contributed by atoms with Gasteiger partial charge in [0.15, 0.2) is 0 Å². The molecule has 4 nitrogen and oxygen atoms in total. The number of hydrogen-bond donors (Lipinski definition) is 1. The fraction of sp³-hybridized carbons (Fsp3) is 0.643. The zero-order valence-electron chi connectivity index (χ0n) is 11.2. The number of carboxylic acids is 1. The third-order valence-corrected chi connectivity index (χ3v) is 3.80. The molecule has 1 N–H and O–H groups in total. The van der Waals surface area contributed by atoms with Gasteiger partial charge in [0.05, 0.1) is 0 Å². The Bertz CT molecular complexity index is 368. The van der Waals surface area contributed by atoms with Crippen LogP contribution < -0.4 is 0 Å². The number of carboxylic acid groups (broad SMARTS) is 1. The SMILES string of the molecule is CC1C=CC=C(C(C(=O)O)N2CCN(C)CC2)C1. The zero-order valence-corrected chi connectivity index (χ0v) is 11.2. The third kappa shape index (κ3) is 3.00. The Kier molecular flexibility index (Phi) is 4.19. The minimum atomic E-state index is -0.715. The van der Waals surface area contributed by atoms with Gasteiger partial charge in [-0.3, -0.25) is 9.69 Å². The van der Waals surface area contributed by atoms with Gasteiger partial charge in [-0.2, -0.15) is 0 Å². The molecule has 0 radical (unpaired) electrons. The second-order valence-electron chi connectivity index (χ2n) is 5.39. The average Bonchev–Trinajstić information content (AvgIpc) is 2.32. The molecular formula is C14H22N2O2. The van der Waals surface area contributed by atoms with E-state index < -0.39 is 12.0 Å². The number of rotatable bonds is 3. The van der Waals surface area contributed by atoms with Crippen LogP contribution in [0.15, 0.2) is 23.8 Å². The molecule has 2 unspecified atom stereocenters. The zero-order chi connectivity index (χ0) is 13.1. The van der Waals surface area contributed by atoms with Gasteiger partial charge in [-0.15, -0.1) is 0 Å². The molecule has 0 spiro atoms. The molecule has 1 heterocycles. The average molecular weight is 250 g/mol. The number of hydrogen-bond acceptors (Lipinski definition) is 3. The van der Waals surface area contributed by atoms with Gasteiger partial charge >= 0.3 is 5.97 Å². The fourth-order valence-electron chi connectivity index (χ4n) is 2.71.